The molecule has 2 atom stereocenters. The molecule has 6 nitrogen and oxygen atoms in total. The van der Waals surface area contributed by atoms with E-state index >= 15 is 0 Å². The molecule has 1 heterocycles. The van der Waals surface area contributed by atoms with Crippen molar-refractivity contribution in [3.8, 4) is 0 Å². The number of hydrogen-bond donors (Lipinski definition) is 1. The molecule has 1 N–H and O–H groups in total. The van der Waals surface area contributed by atoms with Crippen molar-refractivity contribution in [1.29, 1.82) is 0 Å². The van der Waals surface area contributed by atoms with Crippen LogP contribution in [0.5, 0.6) is 0 Å². The zero-order valence-electron chi connectivity index (χ0n) is 12.2. The molecule has 0 radical (unpaired) electrons. The second-order valence-corrected chi connectivity index (χ2v) is 5.95. The van der Waals surface area contributed by atoms with E-state index < -0.39 is 4.92 Å². The lowest BCUT2D eigenvalue weighted by Gasteiger charge is -2.30. The third kappa shape index (κ3) is 2.19. The van der Waals surface area contributed by atoms with Crippen molar-refractivity contribution in [3.63, 3.8) is 0 Å². The molecule has 21 heavy (non-hydrogen) atoms. The van der Waals surface area contributed by atoms with E-state index in [2.05, 4.69) is 12.2 Å². The number of nitrogens with one attached hydrogen (secondary N) is 1. The van der Waals surface area contributed by atoms with E-state index in [1.807, 2.05) is 11.8 Å². The Bertz CT molecular complexity index is 580. The van der Waals surface area contributed by atoms with Gasteiger partial charge in [-0.2, -0.15) is 0 Å². The second kappa shape index (κ2) is 4.80. The van der Waals surface area contributed by atoms with Crippen molar-refractivity contribution < 1.29 is 9.72 Å². The topological polar surface area (TPSA) is 75.5 Å². The van der Waals surface area contributed by atoms with Crippen LogP contribution < -0.4 is 5.32 Å². The number of hydrogen-bond acceptors (Lipinski definition) is 4. The summed E-state index contributed by atoms with van der Waals surface area (Å²) in [6.07, 6.45) is 2.45. The number of benzene rings is 1. The van der Waals surface area contributed by atoms with Gasteiger partial charge in [-0.3, -0.25) is 20.2 Å². The summed E-state index contributed by atoms with van der Waals surface area (Å²) in [5.74, 6) is 0.167. The van der Waals surface area contributed by atoms with Gasteiger partial charge in [0.15, 0.2) is 0 Å². The Morgan fingerprint density at radius 2 is 2.05 bits per heavy atom. The summed E-state index contributed by atoms with van der Waals surface area (Å²) in [5, 5.41) is 14.2. The van der Waals surface area contributed by atoms with Gasteiger partial charge in [-0.15, -0.1) is 0 Å². The molecule has 1 amide bonds. The Kier molecular flexibility index (Phi) is 3.20. The zero-order valence-corrected chi connectivity index (χ0v) is 12.2. The maximum absolute atomic E-state index is 12.6. The molecule has 1 saturated carbocycles. The Balaban J connectivity index is 1.91. The minimum Gasteiger partial charge on any atom is -0.319 e. The molecule has 2 unspecified atom stereocenters. The fourth-order valence-electron chi connectivity index (χ4n) is 2.91. The Morgan fingerprint density at radius 3 is 2.52 bits per heavy atom. The number of amides is 1. The van der Waals surface area contributed by atoms with Crippen LogP contribution in [0.3, 0.4) is 0 Å². The minimum atomic E-state index is -0.411. The SMILES string of the molecule is CCC(C)N1C(=O)C2(CC2)NC1c1ccc([N+](=O)[O-])cc1. The van der Waals surface area contributed by atoms with Crippen molar-refractivity contribution in [2.45, 2.75) is 50.9 Å². The van der Waals surface area contributed by atoms with E-state index in [0.29, 0.717) is 0 Å². The molecule has 3 rings (SSSR count). The summed E-state index contributed by atoms with van der Waals surface area (Å²) in [6.45, 7) is 4.10. The molecule has 1 aliphatic heterocycles. The van der Waals surface area contributed by atoms with E-state index in [1.54, 1.807) is 12.1 Å². The van der Waals surface area contributed by atoms with Gasteiger partial charge in [0.25, 0.3) is 5.69 Å². The lowest BCUT2D eigenvalue weighted by molar-refractivity contribution is -0.384. The van der Waals surface area contributed by atoms with Gasteiger partial charge < -0.3 is 4.90 Å². The standard InChI is InChI=1S/C15H19N3O3/c1-3-10(2)17-13(16-15(8-9-15)14(17)19)11-4-6-12(7-5-11)18(20)21/h4-7,10,13,16H,3,8-9H2,1-2H3. The van der Waals surface area contributed by atoms with Crippen molar-refractivity contribution in [1.82, 2.24) is 10.2 Å². The van der Waals surface area contributed by atoms with Gasteiger partial charge in [0, 0.05) is 18.2 Å². The van der Waals surface area contributed by atoms with Crippen LogP contribution >= 0.6 is 0 Å². The van der Waals surface area contributed by atoms with Gasteiger partial charge in [0.2, 0.25) is 5.91 Å². The fraction of sp³-hybridized carbons (Fsp3) is 0.533. The third-order valence-electron chi connectivity index (χ3n) is 4.57. The van der Waals surface area contributed by atoms with Crippen LogP contribution in [-0.4, -0.2) is 27.3 Å². The van der Waals surface area contributed by atoms with Crippen LogP contribution in [0.1, 0.15) is 44.8 Å². The number of non-ortho nitro benzene ring substituents is 1. The lowest BCUT2D eigenvalue weighted by Crippen LogP contribution is -2.38. The Hall–Kier alpha value is -1.95. The molecule has 6 heteroatoms. The van der Waals surface area contributed by atoms with Crippen LogP contribution in [0.2, 0.25) is 0 Å². The minimum absolute atomic E-state index is 0.0688. The number of nitro benzene ring substituents is 1. The average Bonchev–Trinajstić information content (AvgIpc) is 3.20. The molecule has 1 aromatic carbocycles. The van der Waals surface area contributed by atoms with Crippen molar-refractivity contribution in [3.05, 3.63) is 39.9 Å². The van der Waals surface area contributed by atoms with Gasteiger partial charge >= 0.3 is 0 Å². The van der Waals surface area contributed by atoms with Gasteiger partial charge in [-0.25, -0.2) is 0 Å². The summed E-state index contributed by atoms with van der Waals surface area (Å²) >= 11 is 0. The summed E-state index contributed by atoms with van der Waals surface area (Å²) < 4.78 is 0. The molecule has 1 aliphatic carbocycles. The number of rotatable bonds is 4. The lowest BCUT2D eigenvalue weighted by atomic mass is 10.1. The maximum atomic E-state index is 12.6. The highest BCUT2D eigenvalue weighted by atomic mass is 16.6. The van der Waals surface area contributed by atoms with Gasteiger partial charge in [0.05, 0.1) is 4.92 Å². The smallest absolute Gasteiger partial charge is 0.269 e. The molecule has 1 aromatic rings. The first kappa shape index (κ1) is 14.0. The summed E-state index contributed by atoms with van der Waals surface area (Å²) in [4.78, 5) is 24.8. The van der Waals surface area contributed by atoms with Crippen LogP contribution in [0.25, 0.3) is 0 Å². The van der Waals surface area contributed by atoms with Crippen molar-refractivity contribution in [2.75, 3.05) is 0 Å². The van der Waals surface area contributed by atoms with Crippen molar-refractivity contribution >= 4 is 11.6 Å². The van der Waals surface area contributed by atoms with Crippen molar-refractivity contribution in [2.24, 2.45) is 0 Å². The molecular formula is C15H19N3O3. The largest absolute Gasteiger partial charge is 0.319 e. The average molecular weight is 289 g/mol. The van der Waals surface area contributed by atoms with Crippen LogP contribution in [-0.2, 0) is 4.79 Å². The Labute approximate surface area is 123 Å². The molecule has 0 bridgehead atoms. The van der Waals surface area contributed by atoms with Gasteiger partial charge in [0.1, 0.15) is 11.7 Å². The van der Waals surface area contributed by atoms with E-state index in [4.69, 9.17) is 0 Å². The predicted octanol–water partition coefficient (Wildman–Crippen LogP) is 2.36. The molecule has 0 aromatic heterocycles. The number of nitrogens with zero attached hydrogens (tertiary/aromatic N) is 2. The van der Waals surface area contributed by atoms with Crippen LogP contribution in [0, 0.1) is 10.1 Å². The van der Waals surface area contributed by atoms with Gasteiger partial charge in [-0.05, 0) is 43.9 Å². The summed E-state index contributed by atoms with van der Waals surface area (Å²) in [7, 11) is 0. The predicted molar refractivity (Wildman–Crippen MR) is 77.5 cm³/mol. The Morgan fingerprint density at radius 1 is 1.43 bits per heavy atom. The monoisotopic (exact) mass is 289 g/mol. The highest BCUT2D eigenvalue weighted by molar-refractivity contribution is 5.92. The van der Waals surface area contributed by atoms with E-state index in [1.165, 1.54) is 12.1 Å². The molecule has 1 spiro atoms. The van der Waals surface area contributed by atoms with Crippen LogP contribution in [0.4, 0.5) is 5.69 Å². The molecule has 2 aliphatic rings. The normalized spacial score (nSPS) is 24.4. The highest BCUT2D eigenvalue weighted by Crippen LogP contribution is 2.47. The molecular weight excluding hydrogens is 270 g/mol. The first-order chi connectivity index (χ1) is 9.98. The van der Waals surface area contributed by atoms with Gasteiger partial charge in [-0.1, -0.05) is 6.92 Å². The summed E-state index contributed by atoms with van der Waals surface area (Å²) in [5.41, 5.74) is 0.591. The zero-order chi connectivity index (χ0) is 15.2. The van der Waals surface area contributed by atoms with E-state index in [9.17, 15) is 14.9 Å². The number of carbonyl (C=O) groups excluding carboxylic acids is 1. The quantitative estimate of drug-likeness (QED) is 0.682. The molecule has 1 saturated heterocycles. The highest BCUT2D eigenvalue weighted by Gasteiger charge is 2.60. The number of nitro groups is 1. The maximum Gasteiger partial charge on any atom is 0.269 e. The summed E-state index contributed by atoms with van der Waals surface area (Å²) in [6, 6.07) is 6.60. The first-order valence-corrected chi connectivity index (χ1v) is 7.33. The molecule has 112 valence electrons. The van der Waals surface area contributed by atoms with Crippen LogP contribution in [0.15, 0.2) is 24.3 Å². The van der Waals surface area contributed by atoms with E-state index in [0.717, 1.165) is 24.8 Å². The molecule has 2 fully saturated rings. The number of carbonyl (C=O) groups is 1. The second-order valence-electron chi connectivity index (χ2n) is 5.95. The fourth-order valence-corrected chi connectivity index (χ4v) is 2.91. The third-order valence-corrected chi connectivity index (χ3v) is 4.57. The van der Waals surface area contributed by atoms with E-state index in [-0.39, 0.29) is 29.3 Å². The first-order valence-electron chi connectivity index (χ1n) is 7.33.